The summed E-state index contributed by atoms with van der Waals surface area (Å²) in [6.07, 6.45) is 5.10. The highest BCUT2D eigenvalue weighted by Gasteiger charge is 2.25. The molecule has 0 radical (unpaired) electrons. The lowest BCUT2D eigenvalue weighted by Crippen LogP contribution is -2.45. The van der Waals surface area contributed by atoms with Crippen LogP contribution in [-0.2, 0) is 6.54 Å². The Morgan fingerprint density at radius 1 is 1.10 bits per heavy atom. The van der Waals surface area contributed by atoms with Gasteiger partial charge in [-0.2, -0.15) is 0 Å². The quantitative estimate of drug-likeness (QED) is 0.301. The lowest BCUT2D eigenvalue weighted by molar-refractivity contribution is 0.245. The summed E-state index contributed by atoms with van der Waals surface area (Å²) in [5.74, 6) is 1.70. The number of rotatable bonds is 9. The molecule has 0 saturated carbocycles. The monoisotopic (exact) mass is 513 g/mol. The summed E-state index contributed by atoms with van der Waals surface area (Å²) in [7, 11) is 0. The minimum absolute atomic E-state index is 0. The molecule has 2 heterocycles. The van der Waals surface area contributed by atoms with Crippen molar-refractivity contribution in [3.8, 4) is 0 Å². The first-order chi connectivity index (χ1) is 13.8. The molecule has 29 heavy (non-hydrogen) atoms. The van der Waals surface area contributed by atoms with Crippen LogP contribution in [0.2, 0.25) is 0 Å². The molecule has 6 heteroatoms. The first-order valence-corrected chi connectivity index (χ1v) is 11.3. The van der Waals surface area contributed by atoms with Gasteiger partial charge in [-0.25, -0.2) is 0 Å². The standard InChI is InChI=1S/C23H39N5.HI/c1-3-13-27-15-12-21(18-27)16-25-23(24-4-2)26-17-22-11-8-14-28(22)19-20-9-6-5-7-10-20;/h5-7,9-10,21-22H,3-4,8,11-19H2,1-2H3,(H2,24,25,26);1H. The van der Waals surface area contributed by atoms with Gasteiger partial charge in [-0.05, 0) is 63.7 Å². The second kappa shape index (κ2) is 13.4. The zero-order valence-electron chi connectivity index (χ0n) is 18.3. The third-order valence-electron chi connectivity index (χ3n) is 5.99. The molecule has 0 aliphatic carbocycles. The van der Waals surface area contributed by atoms with E-state index in [0.717, 1.165) is 32.1 Å². The van der Waals surface area contributed by atoms with Gasteiger partial charge in [0.25, 0.3) is 0 Å². The molecule has 164 valence electrons. The first-order valence-electron chi connectivity index (χ1n) is 11.3. The van der Waals surface area contributed by atoms with Crippen molar-refractivity contribution in [2.75, 3.05) is 45.8 Å². The average molecular weight is 514 g/mol. The molecule has 1 aromatic rings. The number of aliphatic imine (C=N–C) groups is 1. The highest BCUT2D eigenvalue weighted by Crippen LogP contribution is 2.20. The highest BCUT2D eigenvalue weighted by molar-refractivity contribution is 14.0. The Labute approximate surface area is 194 Å². The predicted molar refractivity (Wildman–Crippen MR) is 134 cm³/mol. The maximum Gasteiger partial charge on any atom is 0.191 e. The molecule has 2 atom stereocenters. The van der Waals surface area contributed by atoms with Gasteiger partial charge in [0.1, 0.15) is 0 Å². The summed E-state index contributed by atoms with van der Waals surface area (Å²) in [4.78, 5) is 10.1. The fourth-order valence-electron chi connectivity index (χ4n) is 4.51. The summed E-state index contributed by atoms with van der Waals surface area (Å²) in [5.41, 5.74) is 1.41. The number of likely N-dealkylation sites (tertiary alicyclic amines) is 2. The summed E-state index contributed by atoms with van der Waals surface area (Å²) < 4.78 is 0. The third-order valence-corrected chi connectivity index (χ3v) is 5.99. The van der Waals surface area contributed by atoms with Crippen LogP contribution in [0.3, 0.4) is 0 Å². The van der Waals surface area contributed by atoms with Crippen LogP contribution in [0.25, 0.3) is 0 Å². The van der Waals surface area contributed by atoms with Gasteiger partial charge in [0.15, 0.2) is 5.96 Å². The molecule has 2 unspecified atom stereocenters. The van der Waals surface area contributed by atoms with Gasteiger partial charge in [0.2, 0.25) is 0 Å². The van der Waals surface area contributed by atoms with Gasteiger partial charge in [-0.3, -0.25) is 9.89 Å². The Balaban J connectivity index is 0.00000300. The normalized spacial score (nSPS) is 23.2. The molecule has 2 fully saturated rings. The van der Waals surface area contributed by atoms with Gasteiger partial charge in [-0.1, -0.05) is 37.3 Å². The van der Waals surface area contributed by atoms with Crippen LogP contribution in [0.15, 0.2) is 35.3 Å². The molecule has 0 amide bonds. The van der Waals surface area contributed by atoms with Crippen LogP contribution in [0, 0.1) is 5.92 Å². The van der Waals surface area contributed by atoms with Crippen LogP contribution in [0.5, 0.6) is 0 Å². The molecule has 2 N–H and O–H groups in total. The summed E-state index contributed by atoms with van der Waals surface area (Å²) in [6, 6.07) is 11.4. The van der Waals surface area contributed by atoms with Crippen LogP contribution < -0.4 is 10.6 Å². The molecular weight excluding hydrogens is 473 g/mol. The predicted octanol–water partition coefficient (Wildman–Crippen LogP) is 3.56. The van der Waals surface area contributed by atoms with E-state index in [2.05, 4.69) is 64.6 Å². The second-order valence-corrected chi connectivity index (χ2v) is 8.31. The summed E-state index contributed by atoms with van der Waals surface area (Å²) >= 11 is 0. The molecule has 0 spiro atoms. The van der Waals surface area contributed by atoms with Gasteiger partial charge in [0.05, 0.1) is 0 Å². The van der Waals surface area contributed by atoms with Crippen molar-refractivity contribution >= 4 is 29.9 Å². The van der Waals surface area contributed by atoms with Crippen molar-refractivity contribution in [3.05, 3.63) is 35.9 Å². The van der Waals surface area contributed by atoms with E-state index < -0.39 is 0 Å². The Kier molecular flexibility index (Phi) is 11.3. The number of hydrogen-bond acceptors (Lipinski definition) is 3. The summed E-state index contributed by atoms with van der Waals surface area (Å²) in [6.45, 7) is 13.2. The zero-order valence-corrected chi connectivity index (χ0v) is 20.6. The van der Waals surface area contributed by atoms with Crippen molar-refractivity contribution in [2.45, 2.75) is 52.1 Å². The lowest BCUT2D eigenvalue weighted by atomic mass is 10.1. The summed E-state index contributed by atoms with van der Waals surface area (Å²) in [5, 5.41) is 7.06. The van der Waals surface area contributed by atoms with Crippen LogP contribution in [0.4, 0.5) is 0 Å². The molecular formula is C23H40IN5. The third kappa shape index (κ3) is 8.06. The first kappa shape index (κ1) is 24.4. The Hall–Kier alpha value is -0.860. The topological polar surface area (TPSA) is 42.9 Å². The molecule has 5 nitrogen and oxygen atoms in total. The minimum Gasteiger partial charge on any atom is -0.357 e. The smallest absolute Gasteiger partial charge is 0.191 e. The molecule has 2 saturated heterocycles. The molecule has 0 aromatic heterocycles. The van der Waals surface area contributed by atoms with E-state index in [1.807, 2.05) is 0 Å². The maximum absolute atomic E-state index is 4.91. The van der Waals surface area contributed by atoms with Crippen LogP contribution in [0.1, 0.15) is 45.1 Å². The number of hydrogen-bond donors (Lipinski definition) is 2. The molecule has 1 aromatic carbocycles. The van der Waals surface area contributed by atoms with Gasteiger partial charge in [0, 0.05) is 38.8 Å². The van der Waals surface area contributed by atoms with E-state index in [0.29, 0.717) is 12.0 Å². The molecule has 0 bridgehead atoms. The average Bonchev–Trinajstić information content (AvgIpc) is 3.34. The van der Waals surface area contributed by atoms with Crippen LogP contribution >= 0.6 is 24.0 Å². The van der Waals surface area contributed by atoms with E-state index in [1.54, 1.807) is 0 Å². The molecule has 2 aliphatic heterocycles. The maximum atomic E-state index is 4.91. The molecule has 2 aliphatic rings. The highest BCUT2D eigenvalue weighted by atomic mass is 127. The Morgan fingerprint density at radius 2 is 1.93 bits per heavy atom. The van der Waals surface area contributed by atoms with E-state index in [4.69, 9.17) is 4.99 Å². The van der Waals surface area contributed by atoms with E-state index in [1.165, 1.54) is 57.4 Å². The Morgan fingerprint density at radius 3 is 2.69 bits per heavy atom. The van der Waals surface area contributed by atoms with Crippen molar-refractivity contribution < 1.29 is 0 Å². The Bertz CT molecular complexity index is 594. The van der Waals surface area contributed by atoms with Crippen molar-refractivity contribution in [2.24, 2.45) is 10.9 Å². The lowest BCUT2D eigenvalue weighted by Gasteiger charge is -2.25. The van der Waals surface area contributed by atoms with E-state index in [-0.39, 0.29) is 24.0 Å². The van der Waals surface area contributed by atoms with Crippen molar-refractivity contribution in [1.29, 1.82) is 0 Å². The number of nitrogens with one attached hydrogen (secondary N) is 2. The van der Waals surface area contributed by atoms with E-state index >= 15 is 0 Å². The largest absolute Gasteiger partial charge is 0.357 e. The fourth-order valence-corrected chi connectivity index (χ4v) is 4.51. The minimum atomic E-state index is 0. The fraction of sp³-hybridized carbons (Fsp3) is 0.696. The van der Waals surface area contributed by atoms with Crippen LogP contribution in [-0.4, -0.2) is 67.6 Å². The van der Waals surface area contributed by atoms with Gasteiger partial charge < -0.3 is 15.5 Å². The van der Waals surface area contributed by atoms with Crippen molar-refractivity contribution in [1.82, 2.24) is 20.4 Å². The SMILES string of the molecule is CCCN1CCC(CN=C(NCC)NCC2CCCN2Cc2ccccc2)C1.I. The number of guanidine groups is 1. The number of nitrogens with zero attached hydrogens (tertiary/aromatic N) is 3. The van der Waals surface area contributed by atoms with Gasteiger partial charge in [-0.15, -0.1) is 24.0 Å². The number of halogens is 1. The van der Waals surface area contributed by atoms with Crippen molar-refractivity contribution in [3.63, 3.8) is 0 Å². The molecule has 3 rings (SSSR count). The number of benzene rings is 1. The zero-order chi connectivity index (χ0) is 19.6. The second-order valence-electron chi connectivity index (χ2n) is 8.31. The van der Waals surface area contributed by atoms with E-state index in [9.17, 15) is 0 Å². The van der Waals surface area contributed by atoms with Gasteiger partial charge >= 0.3 is 0 Å².